The van der Waals surface area contributed by atoms with Crippen molar-refractivity contribution >= 4 is 23.2 Å². The van der Waals surface area contributed by atoms with E-state index in [4.69, 9.17) is 0 Å². The topological polar surface area (TPSA) is 71.1 Å². The number of rotatable bonds is 8. The fourth-order valence-corrected chi connectivity index (χ4v) is 3.76. The van der Waals surface area contributed by atoms with Crippen molar-refractivity contribution in [3.8, 4) is 11.3 Å². The first kappa shape index (κ1) is 22.6. The molecule has 0 saturated heterocycles. The molecule has 0 aliphatic heterocycles. The third-order valence-corrected chi connectivity index (χ3v) is 5.70. The Kier molecular flexibility index (Phi) is 7.52. The molecular weight excluding hydrogens is 413 g/mol. The first-order chi connectivity index (χ1) is 14.8. The van der Waals surface area contributed by atoms with Crippen LogP contribution in [0.3, 0.4) is 0 Å². The minimum Gasteiger partial charge on any atom is -0.354 e. The molecule has 1 atom stereocenters. The lowest BCUT2D eigenvalue weighted by atomic mass is 10.0. The standard InChI is InChI=1S/C24H26FN3O2S/c1-15(2)22(28-23(29)19-8-10-20(25)11-9-19)24(30)26-13-12-17-4-6-18(7-5-17)21-14-31-16(3)27-21/h4-11,14-15,22H,12-13H2,1-3H3,(H,26,30)(H,28,29)/t22-/m0/s1. The molecule has 1 heterocycles. The van der Waals surface area contributed by atoms with Crippen LogP contribution in [0.4, 0.5) is 4.39 Å². The van der Waals surface area contributed by atoms with Crippen LogP contribution in [0, 0.1) is 18.7 Å². The summed E-state index contributed by atoms with van der Waals surface area (Å²) in [7, 11) is 0. The zero-order valence-corrected chi connectivity index (χ0v) is 18.6. The number of aryl methyl sites for hydroxylation is 1. The number of thiazole rings is 1. The molecule has 2 amide bonds. The highest BCUT2D eigenvalue weighted by Crippen LogP contribution is 2.21. The fraction of sp³-hybridized carbons (Fsp3) is 0.292. The molecule has 2 N–H and O–H groups in total. The molecule has 3 aromatic rings. The Hall–Kier alpha value is -3.06. The third-order valence-electron chi connectivity index (χ3n) is 4.92. The number of aromatic nitrogens is 1. The highest BCUT2D eigenvalue weighted by molar-refractivity contribution is 7.09. The van der Waals surface area contributed by atoms with Crippen molar-refractivity contribution in [2.45, 2.75) is 33.2 Å². The van der Waals surface area contributed by atoms with Gasteiger partial charge in [-0.15, -0.1) is 11.3 Å². The second-order valence-corrected chi connectivity index (χ2v) is 8.75. The van der Waals surface area contributed by atoms with E-state index in [2.05, 4.69) is 15.6 Å². The van der Waals surface area contributed by atoms with Crippen molar-refractivity contribution in [1.29, 1.82) is 0 Å². The van der Waals surface area contributed by atoms with Gasteiger partial charge in [0, 0.05) is 23.1 Å². The Bertz CT molecular complexity index is 1030. The number of carbonyl (C=O) groups is 2. The minimum absolute atomic E-state index is 0.0924. The fourth-order valence-electron chi connectivity index (χ4n) is 3.14. The maximum atomic E-state index is 13.1. The number of halogens is 1. The van der Waals surface area contributed by atoms with Gasteiger partial charge in [-0.05, 0) is 49.1 Å². The maximum absolute atomic E-state index is 13.1. The van der Waals surface area contributed by atoms with Gasteiger partial charge in [-0.3, -0.25) is 9.59 Å². The van der Waals surface area contributed by atoms with Crippen molar-refractivity contribution in [1.82, 2.24) is 15.6 Å². The summed E-state index contributed by atoms with van der Waals surface area (Å²) in [6.07, 6.45) is 0.679. The second kappa shape index (κ2) is 10.3. The number of hydrogen-bond donors (Lipinski definition) is 2. The lowest BCUT2D eigenvalue weighted by Gasteiger charge is -2.22. The SMILES string of the molecule is Cc1nc(-c2ccc(CCNC(=O)[C@@H](NC(=O)c3ccc(F)cc3)C(C)C)cc2)cs1. The van der Waals surface area contributed by atoms with Crippen molar-refractivity contribution in [2.24, 2.45) is 5.92 Å². The van der Waals surface area contributed by atoms with Crippen LogP contribution in [0.5, 0.6) is 0 Å². The molecule has 0 fully saturated rings. The van der Waals surface area contributed by atoms with Crippen LogP contribution in [0.15, 0.2) is 53.9 Å². The van der Waals surface area contributed by atoms with E-state index >= 15 is 0 Å². The summed E-state index contributed by atoms with van der Waals surface area (Å²) in [5, 5.41) is 8.73. The molecule has 0 bridgehead atoms. The highest BCUT2D eigenvalue weighted by Gasteiger charge is 2.24. The van der Waals surface area contributed by atoms with Crippen molar-refractivity contribution < 1.29 is 14.0 Å². The molecule has 7 heteroatoms. The number of benzene rings is 2. The van der Waals surface area contributed by atoms with Gasteiger partial charge in [-0.1, -0.05) is 38.1 Å². The van der Waals surface area contributed by atoms with Crippen LogP contribution < -0.4 is 10.6 Å². The van der Waals surface area contributed by atoms with E-state index in [1.54, 1.807) is 11.3 Å². The molecule has 5 nitrogen and oxygen atoms in total. The molecule has 31 heavy (non-hydrogen) atoms. The zero-order chi connectivity index (χ0) is 22.4. The summed E-state index contributed by atoms with van der Waals surface area (Å²) < 4.78 is 13.1. The summed E-state index contributed by atoms with van der Waals surface area (Å²) in [5.74, 6) is -1.14. The van der Waals surface area contributed by atoms with Gasteiger partial charge in [-0.25, -0.2) is 9.37 Å². The Balaban J connectivity index is 1.52. The van der Waals surface area contributed by atoms with Gasteiger partial charge in [0.15, 0.2) is 0 Å². The van der Waals surface area contributed by atoms with Gasteiger partial charge in [0.1, 0.15) is 11.9 Å². The molecule has 2 aromatic carbocycles. The number of hydrogen-bond acceptors (Lipinski definition) is 4. The predicted molar refractivity (Wildman–Crippen MR) is 121 cm³/mol. The second-order valence-electron chi connectivity index (χ2n) is 7.69. The third kappa shape index (κ3) is 6.21. The molecule has 0 aliphatic carbocycles. The van der Waals surface area contributed by atoms with Crippen LogP contribution in [0.25, 0.3) is 11.3 Å². The molecule has 0 spiro atoms. The van der Waals surface area contributed by atoms with Gasteiger partial charge in [-0.2, -0.15) is 0 Å². The smallest absolute Gasteiger partial charge is 0.251 e. The number of carbonyl (C=O) groups excluding carboxylic acids is 2. The highest BCUT2D eigenvalue weighted by atomic mass is 32.1. The largest absolute Gasteiger partial charge is 0.354 e. The average molecular weight is 440 g/mol. The Morgan fingerprint density at radius 2 is 1.74 bits per heavy atom. The quantitative estimate of drug-likeness (QED) is 0.548. The summed E-state index contributed by atoms with van der Waals surface area (Å²) in [6, 6.07) is 12.7. The van der Waals surface area contributed by atoms with E-state index in [0.29, 0.717) is 18.5 Å². The molecule has 1 aromatic heterocycles. The van der Waals surface area contributed by atoms with E-state index in [1.807, 2.05) is 50.4 Å². The van der Waals surface area contributed by atoms with Crippen LogP contribution >= 0.6 is 11.3 Å². The van der Waals surface area contributed by atoms with E-state index < -0.39 is 17.8 Å². The summed E-state index contributed by atoms with van der Waals surface area (Å²) >= 11 is 1.62. The van der Waals surface area contributed by atoms with Gasteiger partial charge in [0.05, 0.1) is 10.7 Å². The maximum Gasteiger partial charge on any atom is 0.251 e. The van der Waals surface area contributed by atoms with Crippen molar-refractivity contribution in [2.75, 3.05) is 6.54 Å². The van der Waals surface area contributed by atoms with E-state index in [-0.39, 0.29) is 11.8 Å². The minimum atomic E-state index is -0.673. The monoisotopic (exact) mass is 439 g/mol. The Morgan fingerprint density at radius 1 is 1.06 bits per heavy atom. The Morgan fingerprint density at radius 3 is 2.32 bits per heavy atom. The lowest BCUT2D eigenvalue weighted by Crippen LogP contribution is -2.50. The van der Waals surface area contributed by atoms with Crippen LogP contribution in [-0.2, 0) is 11.2 Å². The molecule has 162 valence electrons. The average Bonchev–Trinajstić information content (AvgIpc) is 3.18. The van der Waals surface area contributed by atoms with Crippen LogP contribution in [-0.4, -0.2) is 29.4 Å². The van der Waals surface area contributed by atoms with E-state index in [0.717, 1.165) is 21.8 Å². The molecule has 3 rings (SSSR count). The number of nitrogens with zero attached hydrogens (tertiary/aromatic N) is 1. The molecule has 0 aliphatic rings. The predicted octanol–water partition coefficient (Wildman–Crippen LogP) is 4.37. The van der Waals surface area contributed by atoms with Gasteiger partial charge < -0.3 is 10.6 Å². The summed E-state index contributed by atoms with van der Waals surface area (Å²) in [5.41, 5.74) is 3.46. The molecule has 0 unspecified atom stereocenters. The van der Waals surface area contributed by atoms with Crippen LogP contribution in [0.2, 0.25) is 0 Å². The lowest BCUT2D eigenvalue weighted by molar-refractivity contribution is -0.123. The van der Waals surface area contributed by atoms with E-state index in [9.17, 15) is 14.0 Å². The molecule has 0 radical (unpaired) electrons. The molecular formula is C24H26FN3O2S. The van der Waals surface area contributed by atoms with Crippen molar-refractivity contribution in [3.63, 3.8) is 0 Å². The van der Waals surface area contributed by atoms with Crippen LogP contribution in [0.1, 0.15) is 34.8 Å². The van der Waals surface area contributed by atoms with Gasteiger partial charge in [0.2, 0.25) is 5.91 Å². The molecule has 0 saturated carbocycles. The normalized spacial score (nSPS) is 11.9. The number of amides is 2. The Labute approximate surface area is 185 Å². The van der Waals surface area contributed by atoms with Gasteiger partial charge in [0.25, 0.3) is 5.91 Å². The first-order valence-electron chi connectivity index (χ1n) is 10.2. The summed E-state index contributed by atoms with van der Waals surface area (Å²) in [4.78, 5) is 29.5. The zero-order valence-electron chi connectivity index (χ0n) is 17.8. The summed E-state index contributed by atoms with van der Waals surface area (Å²) in [6.45, 7) is 6.18. The van der Waals surface area contributed by atoms with E-state index in [1.165, 1.54) is 24.3 Å². The number of nitrogens with one attached hydrogen (secondary N) is 2. The first-order valence-corrected chi connectivity index (χ1v) is 11.1. The van der Waals surface area contributed by atoms with Crippen molar-refractivity contribution in [3.05, 3.63) is 75.9 Å². The van der Waals surface area contributed by atoms with Gasteiger partial charge >= 0.3 is 0 Å².